The van der Waals surface area contributed by atoms with E-state index in [0.717, 1.165) is 45.3 Å². The van der Waals surface area contributed by atoms with E-state index in [-0.39, 0.29) is 5.41 Å². The molecule has 0 saturated carbocycles. The van der Waals surface area contributed by atoms with Crippen LogP contribution in [0.5, 0.6) is 0 Å². The number of hydrogen-bond donors (Lipinski definition) is 0. The highest BCUT2D eigenvalue weighted by Crippen LogP contribution is 2.49. The first-order valence-corrected chi connectivity index (χ1v) is 18.8. The van der Waals surface area contributed by atoms with E-state index in [9.17, 15) is 0 Å². The van der Waals surface area contributed by atoms with Crippen molar-refractivity contribution in [1.82, 2.24) is 19.1 Å². The number of rotatable bonds is 2. The number of allylic oxidation sites excluding steroid dienone is 3. The first kappa shape index (κ1) is 29.8. The van der Waals surface area contributed by atoms with Crippen LogP contribution < -0.4 is 0 Å². The van der Waals surface area contributed by atoms with Crippen LogP contribution in [-0.4, -0.2) is 19.1 Å². The van der Waals surface area contributed by atoms with Crippen LogP contribution in [0.15, 0.2) is 152 Å². The Labute approximate surface area is 311 Å². The third kappa shape index (κ3) is 3.82. The Kier molecular flexibility index (Phi) is 5.87. The molecule has 0 saturated heterocycles. The summed E-state index contributed by atoms with van der Waals surface area (Å²) in [6.07, 6.45) is 9.63. The standard InChI is InChI=1S/C50H34N4/c1-50(2)38-22-11-8-19-35(38)46-45-39(50)23-14-24-40(45)51-49(52-46)54-42-26-13-10-21-37(42)44-34-18-7-6-17-33(34)43-36-20-9-12-25-41(36)53(47(43)48(44)54)32-28-27-30-15-4-3-5-16-31(30)29-32/h3-15,17-29H,16H2,1-2H3. The molecule has 10 aromatic rings. The predicted octanol–water partition coefficient (Wildman–Crippen LogP) is 12.4. The van der Waals surface area contributed by atoms with Crippen molar-refractivity contribution in [3.05, 3.63) is 174 Å². The highest BCUT2D eigenvalue weighted by molar-refractivity contribution is 6.36. The molecule has 3 aromatic heterocycles. The molecule has 0 aliphatic heterocycles. The maximum absolute atomic E-state index is 5.62. The summed E-state index contributed by atoms with van der Waals surface area (Å²) >= 11 is 0. The Hall–Kier alpha value is -6.78. The third-order valence-corrected chi connectivity index (χ3v) is 12.1. The summed E-state index contributed by atoms with van der Waals surface area (Å²) in [5.74, 6) is 0.681. The minimum Gasteiger partial charge on any atom is -0.307 e. The van der Waals surface area contributed by atoms with Gasteiger partial charge in [0.15, 0.2) is 0 Å². The average Bonchev–Trinajstić information content (AvgIpc) is 3.63. The zero-order valence-corrected chi connectivity index (χ0v) is 30.0. The number of fused-ring (bicyclic) bond motifs is 13. The molecular weight excluding hydrogens is 657 g/mol. The van der Waals surface area contributed by atoms with Gasteiger partial charge in [-0.3, -0.25) is 4.57 Å². The van der Waals surface area contributed by atoms with E-state index in [1.807, 2.05) is 0 Å². The van der Waals surface area contributed by atoms with E-state index in [4.69, 9.17) is 9.97 Å². The largest absolute Gasteiger partial charge is 0.307 e. The van der Waals surface area contributed by atoms with Gasteiger partial charge in [-0.25, -0.2) is 9.97 Å². The second-order valence-electron chi connectivity index (χ2n) is 15.3. The summed E-state index contributed by atoms with van der Waals surface area (Å²) in [6, 6.07) is 48.9. The van der Waals surface area contributed by atoms with E-state index in [2.05, 4.69) is 181 Å². The van der Waals surface area contributed by atoms with Crippen LogP contribution in [0.2, 0.25) is 0 Å². The minimum atomic E-state index is -0.174. The van der Waals surface area contributed by atoms with Crippen molar-refractivity contribution in [3.8, 4) is 22.9 Å². The monoisotopic (exact) mass is 690 g/mol. The average molecular weight is 691 g/mol. The number of benzene rings is 7. The Morgan fingerprint density at radius 1 is 0.556 bits per heavy atom. The normalized spacial score (nSPS) is 14.4. The van der Waals surface area contributed by atoms with E-state index in [1.54, 1.807) is 0 Å². The smallest absolute Gasteiger partial charge is 0.235 e. The van der Waals surface area contributed by atoms with Gasteiger partial charge in [-0.15, -0.1) is 0 Å². The van der Waals surface area contributed by atoms with Gasteiger partial charge in [-0.05, 0) is 69.8 Å². The zero-order valence-electron chi connectivity index (χ0n) is 30.0. The first-order valence-electron chi connectivity index (χ1n) is 18.8. The highest BCUT2D eigenvalue weighted by atomic mass is 15.2. The second kappa shape index (κ2) is 10.6. The molecule has 2 aliphatic carbocycles. The molecule has 0 bridgehead atoms. The number of hydrogen-bond acceptors (Lipinski definition) is 2. The molecule has 0 radical (unpaired) electrons. The molecule has 7 aromatic carbocycles. The fraction of sp³-hybridized carbons (Fsp3) is 0.0800. The quantitative estimate of drug-likeness (QED) is 0.181. The van der Waals surface area contributed by atoms with Crippen LogP contribution in [0.1, 0.15) is 36.1 Å². The molecule has 2 aliphatic rings. The molecule has 0 unspecified atom stereocenters. The lowest BCUT2D eigenvalue weighted by Crippen LogP contribution is -2.24. The molecule has 4 heteroatoms. The van der Waals surface area contributed by atoms with Crippen molar-refractivity contribution in [1.29, 1.82) is 0 Å². The summed E-state index contributed by atoms with van der Waals surface area (Å²) in [4.78, 5) is 11.1. The van der Waals surface area contributed by atoms with Crippen LogP contribution >= 0.6 is 0 Å². The van der Waals surface area contributed by atoms with Crippen molar-refractivity contribution in [2.75, 3.05) is 0 Å². The Morgan fingerprint density at radius 2 is 1.20 bits per heavy atom. The number of aromatic nitrogens is 4. The molecule has 0 amide bonds. The van der Waals surface area contributed by atoms with Crippen molar-refractivity contribution in [2.24, 2.45) is 0 Å². The van der Waals surface area contributed by atoms with Crippen LogP contribution in [0.3, 0.4) is 0 Å². The molecule has 0 fully saturated rings. The van der Waals surface area contributed by atoms with Gasteiger partial charge >= 0.3 is 0 Å². The van der Waals surface area contributed by atoms with Crippen molar-refractivity contribution >= 4 is 71.4 Å². The van der Waals surface area contributed by atoms with Crippen molar-refractivity contribution in [2.45, 2.75) is 25.7 Å². The lowest BCUT2D eigenvalue weighted by Gasteiger charge is -2.34. The topological polar surface area (TPSA) is 35.6 Å². The third-order valence-electron chi connectivity index (χ3n) is 12.1. The SMILES string of the molecule is CC1(C)c2ccccc2-c2nc(-n3c4ccccc4c4c5ccccc5c5c6ccccc6n(-c6ccc7c(c6)CC=CC=C7)c5c43)nc3cccc1c23. The summed E-state index contributed by atoms with van der Waals surface area (Å²) < 4.78 is 4.85. The van der Waals surface area contributed by atoms with Gasteiger partial charge in [0.25, 0.3) is 0 Å². The summed E-state index contributed by atoms with van der Waals surface area (Å²) in [7, 11) is 0. The lowest BCUT2D eigenvalue weighted by molar-refractivity contribution is 0.643. The van der Waals surface area contributed by atoms with Crippen molar-refractivity contribution in [3.63, 3.8) is 0 Å². The zero-order chi connectivity index (χ0) is 35.7. The van der Waals surface area contributed by atoms with Crippen LogP contribution in [0.25, 0.3) is 94.3 Å². The van der Waals surface area contributed by atoms with Crippen LogP contribution in [0.4, 0.5) is 0 Å². The van der Waals surface area contributed by atoms with Gasteiger partial charge in [-0.1, -0.05) is 141 Å². The first-order chi connectivity index (χ1) is 26.6. The fourth-order valence-electron chi connectivity index (χ4n) is 9.74. The van der Waals surface area contributed by atoms with E-state index < -0.39 is 0 Å². The number of para-hydroxylation sites is 2. The fourth-order valence-corrected chi connectivity index (χ4v) is 9.74. The Morgan fingerprint density at radius 3 is 1.98 bits per heavy atom. The predicted molar refractivity (Wildman–Crippen MR) is 225 cm³/mol. The molecule has 3 heterocycles. The molecule has 0 N–H and O–H groups in total. The van der Waals surface area contributed by atoms with Gasteiger partial charge in [0, 0.05) is 43.6 Å². The molecule has 254 valence electrons. The summed E-state index contributed by atoms with van der Waals surface area (Å²) in [6.45, 7) is 4.64. The molecule has 4 nitrogen and oxygen atoms in total. The second-order valence-corrected chi connectivity index (χ2v) is 15.3. The summed E-state index contributed by atoms with van der Waals surface area (Å²) in [5, 5.41) is 8.48. The van der Waals surface area contributed by atoms with E-state index in [1.165, 1.54) is 65.7 Å². The maximum Gasteiger partial charge on any atom is 0.235 e. The molecule has 12 rings (SSSR count). The molecule has 0 spiro atoms. The van der Waals surface area contributed by atoms with E-state index >= 15 is 0 Å². The number of nitrogens with zero attached hydrogens (tertiary/aromatic N) is 4. The summed E-state index contributed by atoms with van der Waals surface area (Å²) in [5.41, 5.74) is 13.8. The van der Waals surface area contributed by atoms with Gasteiger partial charge in [0.1, 0.15) is 0 Å². The maximum atomic E-state index is 5.62. The van der Waals surface area contributed by atoms with Crippen molar-refractivity contribution < 1.29 is 0 Å². The van der Waals surface area contributed by atoms with Crippen LogP contribution in [-0.2, 0) is 11.8 Å². The Balaban J connectivity index is 1.31. The van der Waals surface area contributed by atoms with Crippen LogP contribution in [0, 0.1) is 0 Å². The van der Waals surface area contributed by atoms with Gasteiger partial charge < -0.3 is 4.57 Å². The Bertz CT molecular complexity index is 3330. The highest BCUT2D eigenvalue weighted by Gasteiger charge is 2.35. The lowest BCUT2D eigenvalue weighted by atomic mass is 9.70. The van der Waals surface area contributed by atoms with E-state index in [0.29, 0.717) is 5.95 Å². The molecule has 54 heavy (non-hydrogen) atoms. The van der Waals surface area contributed by atoms with Gasteiger partial charge in [0.05, 0.1) is 33.3 Å². The van der Waals surface area contributed by atoms with Gasteiger partial charge in [0.2, 0.25) is 5.95 Å². The minimum absolute atomic E-state index is 0.174. The molecule has 0 atom stereocenters. The van der Waals surface area contributed by atoms with Gasteiger partial charge in [-0.2, -0.15) is 0 Å². The molecular formula is C50H34N4.